The number of hydrogen-bond donors (Lipinski definition) is 2. The lowest BCUT2D eigenvalue weighted by molar-refractivity contribution is 0.0474. The van der Waals surface area contributed by atoms with Crippen LogP contribution in [0.25, 0.3) is 0 Å². The summed E-state index contributed by atoms with van der Waals surface area (Å²) in [5.41, 5.74) is 5.96. The zero-order valence-corrected chi connectivity index (χ0v) is 8.31. The van der Waals surface area contributed by atoms with Gasteiger partial charge in [-0.1, -0.05) is 12.8 Å². The zero-order chi connectivity index (χ0) is 9.31. The Morgan fingerprint density at radius 2 is 2.23 bits per heavy atom. The summed E-state index contributed by atoms with van der Waals surface area (Å²) in [5, 5.41) is 12.6. The first kappa shape index (κ1) is 8.97. The molecule has 1 aliphatic carbocycles. The third-order valence-corrected chi connectivity index (χ3v) is 3.34. The Kier molecular flexibility index (Phi) is 2.26. The highest BCUT2D eigenvalue weighted by molar-refractivity contribution is 7.13. The van der Waals surface area contributed by atoms with E-state index in [9.17, 15) is 5.11 Å². The van der Waals surface area contributed by atoms with Crippen molar-refractivity contribution in [2.75, 3.05) is 5.73 Å². The Balaban J connectivity index is 2.04. The third kappa shape index (κ3) is 2.00. The number of aromatic nitrogens is 1. The average Bonchev–Trinajstić information content (AvgIpc) is 2.62. The molecule has 0 aliphatic heterocycles. The van der Waals surface area contributed by atoms with E-state index in [-0.39, 0.29) is 0 Å². The third-order valence-electron chi connectivity index (χ3n) is 2.61. The van der Waals surface area contributed by atoms with Crippen molar-refractivity contribution >= 4 is 16.5 Å². The average molecular weight is 198 g/mol. The van der Waals surface area contributed by atoms with Gasteiger partial charge in [0.05, 0.1) is 11.3 Å². The number of rotatable bonds is 2. The molecule has 1 saturated carbocycles. The Labute approximate surface area is 81.6 Å². The fourth-order valence-electron chi connectivity index (χ4n) is 1.95. The van der Waals surface area contributed by atoms with Gasteiger partial charge in [0.2, 0.25) is 0 Å². The molecule has 1 aromatic rings. The van der Waals surface area contributed by atoms with Crippen LogP contribution in [0.5, 0.6) is 0 Å². The van der Waals surface area contributed by atoms with Crippen molar-refractivity contribution in [1.29, 1.82) is 0 Å². The quantitative estimate of drug-likeness (QED) is 0.758. The lowest BCUT2D eigenvalue weighted by atomic mass is 9.97. The van der Waals surface area contributed by atoms with Gasteiger partial charge in [0, 0.05) is 11.8 Å². The van der Waals surface area contributed by atoms with Crippen molar-refractivity contribution in [3.05, 3.63) is 11.1 Å². The molecule has 0 atom stereocenters. The molecule has 0 spiro atoms. The molecule has 1 heterocycles. The first-order chi connectivity index (χ1) is 6.18. The normalized spacial score (nSPS) is 20.7. The van der Waals surface area contributed by atoms with Crippen LogP contribution in [0, 0.1) is 0 Å². The van der Waals surface area contributed by atoms with E-state index >= 15 is 0 Å². The summed E-state index contributed by atoms with van der Waals surface area (Å²) in [5.74, 6) is 0. The second kappa shape index (κ2) is 3.27. The first-order valence-electron chi connectivity index (χ1n) is 4.60. The molecule has 2 rings (SSSR count). The van der Waals surface area contributed by atoms with Gasteiger partial charge in [-0.25, -0.2) is 4.98 Å². The number of nitrogens with two attached hydrogens (primary N) is 1. The van der Waals surface area contributed by atoms with E-state index in [1.54, 1.807) is 0 Å². The van der Waals surface area contributed by atoms with Crippen LogP contribution in [-0.2, 0) is 6.42 Å². The molecule has 0 amide bonds. The van der Waals surface area contributed by atoms with Crippen molar-refractivity contribution in [3.8, 4) is 0 Å². The summed E-state index contributed by atoms with van der Waals surface area (Å²) >= 11 is 1.44. The van der Waals surface area contributed by atoms with Gasteiger partial charge in [0.1, 0.15) is 0 Å². The largest absolute Gasteiger partial charge is 0.389 e. The molecule has 0 bridgehead atoms. The molecule has 1 aliphatic rings. The van der Waals surface area contributed by atoms with Gasteiger partial charge >= 0.3 is 0 Å². The summed E-state index contributed by atoms with van der Waals surface area (Å²) in [6.45, 7) is 0. The van der Waals surface area contributed by atoms with E-state index in [1.165, 1.54) is 11.3 Å². The van der Waals surface area contributed by atoms with Crippen molar-refractivity contribution in [3.63, 3.8) is 0 Å². The SMILES string of the molecule is Nc1nc(CC2(O)CCCC2)cs1. The maximum atomic E-state index is 10.1. The molecule has 0 unspecified atom stereocenters. The second-order valence-corrected chi connectivity index (χ2v) is 4.67. The highest BCUT2D eigenvalue weighted by Gasteiger charge is 2.31. The Bertz CT molecular complexity index is 292. The van der Waals surface area contributed by atoms with Crippen LogP contribution in [0.4, 0.5) is 5.13 Å². The number of nitrogens with zero attached hydrogens (tertiary/aromatic N) is 1. The van der Waals surface area contributed by atoms with Gasteiger partial charge in [-0.15, -0.1) is 11.3 Å². The topological polar surface area (TPSA) is 59.1 Å². The summed E-state index contributed by atoms with van der Waals surface area (Å²) in [7, 11) is 0. The van der Waals surface area contributed by atoms with Crippen molar-refractivity contribution in [2.45, 2.75) is 37.7 Å². The molecule has 0 saturated heterocycles. The van der Waals surface area contributed by atoms with Crippen LogP contribution in [0.2, 0.25) is 0 Å². The lowest BCUT2D eigenvalue weighted by Crippen LogP contribution is -2.27. The van der Waals surface area contributed by atoms with Crippen LogP contribution < -0.4 is 5.73 Å². The molecule has 0 radical (unpaired) electrons. The zero-order valence-electron chi connectivity index (χ0n) is 7.49. The fourth-order valence-corrected chi connectivity index (χ4v) is 2.51. The van der Waals surface area contributed by atoms with Crippen LogP contribution in [0.1, 0.15) is 31.4 Å². The number of thiazole rings is 1. The predicted octanol–water partition coefficient (Wildman–Crippen LogP) is 1.57. The van der Waals surface area contributed by atoms with E-state index in [4.69, 9.17) is 5.73 Å². The highest BCUT2D eigenvalue weighted by atomic mass is 32.1. The van der Waals surface area contributed by atoms with Gasteiger partial charge in [-0.3, -0.25) is 0 Å². The summed E-state index contributed by atoms with van der Waals surface area (Å²) in [6.07, 6.45) is 4.75. The smallest absolute Gasteiger partial charge is 0.180 e. The van der Waals surface area contributed by atoms with Crippen LogP contribution in [0.3, 0.4) is 0 Å². The predicted molar refractivity (Wildman–Crippen MR) is 53.6 cm³/mol. The molecule has 13 heavy (non-hydrogen) atoms. The van der Waals surface area contributed by atoms with Gasteiger partial charge in [0.25, 0.3) is 0 Å². The summed E-state index contributed by atoms with van der Waals surface area (Å²) < 4.78 is 0. The van der Waals surface area contributed by atoms with E-state index in [0.29, 0.717) is 11.6 Å². The maximum absolute atomic E-state index is 10.1. The van der Waals surface area contributed by atoms with Crippen LogP contribution in [0.15, 0.2) is 5.38 Å². The van der Waals surface area contributed by atoms with E-state index in [1.807, 2.05) is 5.38 Å². The Hall–Kier alpha value is -0.610. The van der Waals surface area contributed by atoms with Gasteiger partial charge in [-0.05, 0) is 12.8 Å². The van der Waals surface area contributed by atoms with Gasteiger partial charge in [0.15, 0.2) is 5.13 Å². The molecule has 3 N–H and O–H groups in total. The minimum Gasteiger partial charge on any atom is -0.389 e. The number of nitrogen functional groups attached to an aromatic ring is 1. The number of anilines is 1. The molecule has 1 fully saturated rings. The Morgan fingerprint density at radius 3 is 2.77 bits per heavy atom. The van der Waals surface area contributed by atoms with Gasteiger partial charge < -0.3 is 10.8 Å². The number of hydrogen-bond acceptors (Lipinski definition) is 4. The van der Waals surface area contributed by atoms with E-state index in [0.717, 1.165) is 31.4 Å². The second-order valence-electron chi connectivity index (χ2n) is 3.79. The standard InChI is InChI=1S/C9H14N2OS/c10-8-11-7(6-13-8)5-9(12)3-1-2-4-9/h6,12H,1-5H2,(H2,10,11). The Morgan fingerprint density at radius 1 is 1.54 bits per heavy atom. The molecule has 0 aromatic carbocycles. The highest BCUT2D eigenvalue weighted by Crippen LogP contribution is 2.32. The number of aliphatic hydroxyl groups is 1. The minimum absolute atomic E-state index is 0.499. The van der Waals surface area contributed by atoms with Crippen LogP contribution >= 0.6 is 11.3 Å². The lowest BCUT2D eigenvalue weighted by Gasteiger charge is -2.20. The molecule has 3 nitrogen and oxygen atoms in total. The first-order valence-corrected chi connectivity index (χ1v) is 5.48. The molecule has 4 heteroatoms. The van der Waals surface area contributed by atoms with E-state index < -0.39 is 5.60 Å². The summed E-state index contributed by atoms with van der Waals surface area (Å²) in [4.78, 5) is 4.16. The molecular weight excluding hydrogens is 184 g/mol. The van der Waals surface area contributed by atoms with Crippen LogP contribution in [-0.4, -0.2) is 15.7 Å². The van der Waals surface area contributed by atoms with Crippen molar-refractivity contribution < 1.29 is 5.11 Å². The molecule has 72 valence electrons. The fraction of sp³-hybridized carbons (Fsp3) is 0.667. The summed E-state index contributed by atoms with van der Waals surface area (Å²) in [6, 6.07) is 0. The van der Waals surface area contributed by atoms with Gasteiger partial charge in [-0.2, -0.15) is 0 Å². The minimum atomic E-state index is -0.499. The monoisotopic (exact) mass is 198 g/mol. The molecule has 1 aromatic heterocycles. The maximum Gasteiger partial charge on any atom is 0.180 e. The van der Waals surface area contributed by atoms with Crippen molar-refractivity contribution in [1.82, 2.24) is 4.98 Å². The molecular formula is C9H14N2OS. The van der Waals surface area contributed by atoms with E-state index in [2.05, 4.69) is 4.98 Å². The van der Waals surface area contributed by atoms with Crippen molar-refractivity contribution in [2.24, 2.45) is 0 Å².